The number of aryl methyl sites for hydroxylation is 1. The molecule has 3 nitrogen and oxygen atoms in total. The average molecular weight is 332 g/mol. The van der Waals surface area contributed by atoms with Crippen molar-refractivity contribution in [3.63, 3.8) is 0 Å². The van der Waals surface area contributed by atoms with Gasteiger partial charge in [0, 0.05) is 42.1 Å². The minimum absolute atomic E-state index is 0.127. The molecule has 3 rings (SSSR count). The lowest BCUT2D eigenvalue weighted by Crippen LogP contribution is -2.35. The monoisotopic (exact) mass is 332 g/mol. The number of hydrogen-bond acceptors (Lipinski definition) is 3. The Bertz CT molecular complexity index is 668. The van der Waals surface area contributed by atoms with Gasteiger partial charge in [0.1, 0.15) is 5.82 Å². The van der Waals surface area contributed by atoms with Gasteiger partial charge in [0.15, 0.2) is 0 Å². The molecule has 1 aromatic heterocycles. The van der Waals surface area contributed by atoms with Crippen LogP contribution in [0.25, 0.3) is 0 Å². The molecule has 0 N–H and O–H groups in total. The summed E-state index contributed by atoms with van der Waals surface area (Å²) in [6, 6.07) is 8.59. The highest BCUT2D eigenvalue weighted by atomic mass is 32.1. The van der Waals surface area contributed by atoms with Crippen LogP contribution < -0.4 is 4.90 Å². The quantitative estimate of drug-likeness (QED) is 0.853. The van der Waals surface area contributed by atoms with Crippen LogP contribution in [0.3, 0.4) is 0 Å². The van der Waals surface area contributed by atoms with Crippen molar-refractivity contribution in [1.82, 2.24) is 4.90 Å². The first kappa shape index (κ1) is 16.0. The smallest absolute Gasteiger partial charge is 0.254 e. The van der Waals surface area contributed by atoms with Crippen LogP contribution >= 0.6 is 11.3 Å². The van der Waals surface area contributed by atoms with Crippen LogP contribution in [0.2, 0.25) is 0 Å². The SMILES string of the molecule is CCc1cc(C(=O)N2CCCN(c3ccc(F)cc3)CC2)cs1. The lowest BCUT2D eigenvalue weighted by molar-refractivity contribution is 0.0767. The zero-order valence-electron chi connectivity index (χ0n) is 13.3. The van der Waals surface area contributed by atoms with E-state index in [1.54, 1.807) is 23.5 Å². The largest absolute Gasteiger partial charge is 0.370 e. The molecule has 0 radical (unpaired) electrons. The molecule has 0 aliphatic carbocycles. The Morgan fingerprint density at radius 2 is 1.96 bits per heavy atom. The van der Waals surface area contributed by atoms with E-state index in [0.29, 0.717) is 6.54 Å². The lowest BCUT2D eigenvalue weighted by Gasteiger charge is -2.23. The van der Waals surface area contributed by atoms with E-state index >= 15 is 0 Å². The molecule has 0 saturated carbocycles. The van der Waals surface area contributed by atoms with Gasteiger partial charge in [0.2, 0.25) is 0 Å². The summed E-state index contributed by atoms with van der Waals surface area (Å²) in [5.74, 6) is -0.0912. The summed E-state index contributed by atoms with van der Waals surface area (Å²) in [7, 11) is 0. The van der Waals surface area contributed by atoms with E-state index in [-0.39, 0.29) is 11.7 Å². The Labute approximate surface area is 140 Å². The van der Waals surface area contributed by atoms with Crippen molar-refractivity contribution in [3.8, 4) is 0 Å². The second kappa shape index (κ2) is 7.13. The minimum atomic E-state index is -0.218. The fraction of sp³-hybridized carbons (Fsp3) is 0.389. The molecule has 1 fully saturated rings. The van der Waals surface area contributed by atoms with Crippen molar-refractivity contribution in [2.75, 3.05) is 31.1 Å². The minimum Gasteiger partial charge on any atom is -0.370 e. The Morgan fingerprint density at radius 1 is 1.17 bits per heavy atom. The maximum Gasteiger partial charge on any atom is 0.254 e. The highest BCUT2D eigenvalue weighted by Crippen LogP contribution is 2.20. The third-order valence-electron chi connectivity index (χ3n) is 4.22. The average Bonchev–Trinajstić information content (AvgIpc) is 2.92. The van der Waals surface area contributed by atoms with Gasteiger partial charge in [-0.3, -0.25) is 4.79 Å². The number of hydrogen-bond donors (Lipinski definition) is 0. The summed E-state index contributed by atoms with van der Waals surface area (Å²) >= 11 is 1.65. The first-order chi connectivity index (χ1) is 11.2. The Balaban J connectivity index is 1.66. The molecule has 122 valence electrons. The second-order valence-electron chi connectivity index (χ2n) is 5.76. The van der Waals surface area contributed by atoms with E-state index in [4.69, 9.17) is 0 Å². The Kier molecular flexibility index (Phi) is 4.96. The van der Waals surface area contributed by atoms with Gasteiger partial charge in [-0.15, -0.1) is 11.3 Å². The highest BCUT2D eigenvalue weighted by Gasteiger charge is 2.21. The number of halogens is 1. The molecule has 0 atom stereocenters. The first-order valence-corrected chi connectivity index (χ1v) is 8.92. The van der Waals surface area contributed by atoms with Gasteiger partial charge in [-0.2, -0.15) is 0 Å². The summed E-state index contributed by atoms with van der Waals surface area (Å²) in [5.41, 5.74) is 1.83. The maximum atomic E-state index is 13.1. The summed E-state index contributed by atoms with van der Waals surface area (Å²) in [5, 5.41) is 1.96. The molecule has 2 heterocycles. The molecule has 23 heavy (non-hydrogen) atoms. The third-order valence-corrected chi connectivity index (χ3v) is 5.31. The molecule has 1 saturated heterocycles. The number of rotatable bonds is 3. The van der Waals surface area contributed by atoms with Crippen LogP contribution in [0.4, 0.5) is 10.1 Å². The summed E-state index contributed by atoms with van der Waals surface area (Å²) in [6.07, 6.45) is 1.89. The molecule has 5 heteroatoms. The van der Waals surface area contributed by atoms with Gasteiger partial charge in [0.05, 0.1) is 5.56 Å². The van der Waals surface area contributed by atoms with E-state index < -0.39 is 0 Å². The van der Waals surface area contributed by atoms with Crippen molar-refractivity contribution < 1.29 is 9.18 Å². The summed E-state index contributed by atoms with van der Waals surface area (Å²) < 4.78 is 13.1. The molecular weight excluding hydrogens is 311 g/mol. The molecule has 0 spiro atoms. The number of carbonyl (C=O) groups is 1. The standard InChI is InChI=1S/C18H21FN2OS/c1-2-17-12-14(13-23-17)18(22)21-9-3-8-20(10-11-21)16-6-4-15(19)5-7-16/h4-7,12-13H,2-3,8-11H2,1H3. The van der Waals surface area contributed by atoms with Gasteiger partial charge in [-0.25, -0.2) is 4.39 Å². The van der Waals surface area contributed by atoms with Gasteiger partial charge >= 0.3 is 0 Å². The van der Waals surface area contributed by atoms with Crippen LogP contribution in [-0.4, -0.2) is 37.0 Å². The number of nitrogens with zero attached hydrogens (tertiary/aromatic N) is 2. The normalized spacial score (nSPS) is 15.6. The van der Waals surface area contributed by atoms with E-state index in [9.17, 15) is 9.18 Å². The topological polar surface area (TPSA) is 23.6 Å². The number of anilines is 1. The van der Waals surface area contributed by atoms with Gasteiger partial charge < -0.3 is 9.80 Å². The molecule has 1 aliphatic rings. The Hall–Kier alpha value is -1.88. The molecule has 2 aromatic rings. The summed E-state index contributed by atoms with van der Waals surface area (Å²) in [6.45, 7) is 5.25. The van der Waals surface area contributed by atoms with E-state index in [2.05, 4.69) is 11.8 Å². The van der Waals surface area contributed by atoms with E-state index in [1.807, 2.05) is 16.3 Å². The zero-order valence-corrected chi connectivity index (χ0v) is 14.1. The van der Waals surface area contributed by atoms with Crippen molar-refractivity contribution in [3.05, 3.63) is 52.0 Å². The highest BCUT2D eigenvalue weighted by molar-refractivity contribution is 7.10. The van der Waals surface area contributed by atoms with Crippen LogP contribution in [-0.2, 0) is 6.42 Å². The molecule has 0 bridgehead atoms. The predicted molar refractivity (Wildman–Crippen MR) is 92.8 cm³/mol. The molecule has 1 amide bonds. The van der Waals surface area contributed by atoms with Gasteiger partial charge in [-0.1, -0.05) is 6.92 Å². The van der Waals surface area contributed by atoms with Gasteiger partial charge in [-0.05, 0) is 43.2 Å². The second-order valence-corrected chi connectivity index (χ2v) is 6.76. The molecule has 0 unspecified atom stereocenters. The fourth-order valence-corrected chi connectivity index (χ4v) is 3.70. The Morgan fingerprint density at radius 3 is 2.65 bits per heavy atom. The van der Waals surface area contributed by atoms with Crippen LogP contribution in [0, 0.1) is 5.82 Å². The van der Waals surface area contributed by atoms with Crippen LogP contribution in [0.1, 0.15) is 28.6 Å². The molecular formula is C18H21FN2OS. The van der Waals surface area contributed by atoms with Crippen molar-refractivity contribution >= 4 is 22.9 Å². The number of benzene rings is 1. The summed E-state index contributed by atoms with van der Waals surface area (Å²) in [4.78, 5) is 18.0. The van der Waals surface area contributed by atoms with Crippen LogP contribution in [0.5, 0.6) is 0 Å². The predicted octanol–water partition coefficient (Wildman–Crippen LogP) is 3.80. The van der Waals surface area contributed by atoms with Crippen molar-refractivity contribution in [1.29, 1.82) is 0 Å². The van der Waals surface area contributed by atoms with Gasteiger partial charge in [0.25, 0.3) is 5.91 Å². The van der Waals surface area contributed by atoms with Crippen molar-refractivity contribution in [2.24, 2.45) is 0 Å². The molecule has 1 aliphatic heterocycles. The van der Waals surface area contributed by atoms with E-state index in [1.165, 1.54) is 17.0 Å². The number of thiophene rings is 1. The maximum absolute atomic E-state index is 13.1. The van der Waals surface area contributed by atoms with E-state index in [0.717, 1.165) is 43.7 Å². The lowest BCUT2D eigenvalue weighted by atomic mass is 10.2. The molecule has 1 aromatic carbocycles. The van der Waals surface area contributed by atoms with Crippen LogP contribution in [0.15, 0.2) is 35.7 Å². The first-order valence-electron chi connectivity index (χ1n) is 8.04. The third kappa shape index (κ3) is 3.72. The number of carbonyl (C=O) groups excluding carboxylic acids is 1. The number of amides is 1. The zero-order chi connectivity index (χ0) is 16.2. The van der Waals surface area contributed by atoms with Crippen molar-refractivity contribution in [2.45, 2.75) is 19.8 Å². The fourth-order valence-electron chi connectivity index (χ4n) is 2.89.